The molecule has 1 aromatic carbocycles. The molecule has 1 heterocycles. The Bertz CT molecular complexity index is 515. The van der Waals surface area contributed by atoms with Gasteiger partial charge in [-0.1, -0.05) is 12.1 Å². The molecule has 2 aromatic rings. The molecule has 0 spiro atoms. The Balaban J connectivity index is 2.48. The second kappa shape index (κ2) is 4.31. The molecular weight excluding hydrogens is 202 g/mol. The molecule has 0 unspecified atom stereocenters. The highest BCUT2D eigenvalue weighted by Gasteiger charge is 2.12. The van der Waals surface area contributed by atoms with Crippen molar-refractivity contribution in [2.75, 3.05) is 0 Å². The second-order valence-corrected chi connectivity index (χ2v) is 3.83. The Hall–Kier alpha value is -1.90. The Morgan fingerprint density at radius 3 is 2.81 bits per heavy atom. The number of carbonyl (C=O) groups excluding carboxylic acids is 1. The van der Waals surface area contributed by atoms with Crippen LogP contribution in [0.5, 0.6) is 0 Å². The summed E-state index contributed by atoms with van der Waals surface area (Å²) in [5, 5.41) is 0.829. The van der Waals surface area contributed by atoms with Crippen molar-refractivity contribution in [1.82, 2.24) is 4.98 Å². The number of fused-ring (bicyclic) bond motifs is 1. The molecule has 0 aliphatic carbocycles. The molecule has 0 N–H and O–H groups in total. The molecule has 1 aromatic heterocycles. The molecule has 0 atom stereocenters. The SMILES string of the molecule is CC(C)OC(=O)c1cccc2ncccc12. The van der Waals surface area contributed by atoms with Gasteiger partial charge in [-0.25, -0.2) is 4.79 Å². The van der Waals surface area contributed by atoms with Gasteiger partial charge >= 0.3 is 5.97 Å². The van der Waals surface area contributed by atoms with E-state index in [1.165, 1.54) is 0 Å². The number of rotatable bonds is 2. The number of hydrogen-bond donors (Lipinski definition) is 0. The molecular formula is C13H13NO2. The number of esters is 1. The lowest BCUT2D eigenvalue weighted by Gasteiger charge is -2.09. The van der Waals surface area contributed by atoms with Crippen LogP contribution in [0.25, 0.3) is 10.9 Å². The van der Waals surface area contributed by atoms with Crippen LogP contribution in [-0.2, 0) is 4.74 Å². The highest BCUT2D eigenvalue weighted by atomic mass is 16.5. The third-order valence-electron chi connectivity index (χ3n) is 2.21. The van der Waals surface area contributed by atoms with Gasteiger partial charge in [-0.3, -0.25) is 4.98 Å². The summed E-state index contributed by atoms with van der Waals surface area (Å²) in [6.45, 7) is 3.67. The van der Waals surface area contributed by atoms with E-state index in [2.05, 4.69) is 4.98 Å². The number of nitrogens with zero attached hydrogens (tertiary/aromatic N) is 1. The van der Waals surface area contributed by atoms with E-state index in [-0.39, 0.29) is 12.1 Å². The summed E-state index contributed by atoms with van der Waals surface area (Å²) in [6, 6.07) is 9.14. The lowest BCUT2D eigenvalue weighted by Crippen LogP contribution is -2.11. The van der Waals surface area contributed by atoms with Crippen molar-refractivity contribution >= 4 is 16.9 Å². The molecule has 0 saturated heterocycles. The van der Waals surface area contributed by atoms with E-state index in [9.17, 15) is 4.79 Å². The minimum absolute atomic E-state index is 0.112. The first-order chi connectivity index (χ1) is 7.68. The lowest BCUT2D eigenvalue weighted by molar-refractivity contribution is 0.0380. The first kappa shape index (κ1) is 10.6. The molecule has 3 nitrogen and oxygen atoms in total. The summed E-state index contributed by atoms with van der Waals surface area (Å²) < 4.78 is 5.18. The third kappa shape index (κ3) is 2.03. The number of hydrogen-bond acceptors (Lipinski definition) is 3. The summed E-state index contributed by atoms with van der Waals surface area (Å²) in [7, 11) is 0. The normalized spacial score (nSPS) is 10.7. The number of aromatic nitrogens is 1. The quantitative estimate of drug-likeness (QED) is 0.723. The van der Waals surface area contributed by atoms with Crippen molar-refractivity contribution in [3.63, 3.8) is 0 Å². The van der Waals surface area contributed by atoms with Crippen LogP contribution in [0.2, 0.25) is 0 Å². The van der Waals surface area contributed by atoms with E-state index in [0.717, 1.165) is 10.9 Å². The second-order valence-electron chi connectivity index (χ2n) is 3.83. The number of pyridine rings is 1. The van der Waals surface area contributed by atoms with Gasteiger partial charge in [0.1, 0.15) is 0 Å². The van der Waals surface area contributed by atoms with Crippen molar-refractivity contribution in [2.45, 2.75) is 20.0 Å². The fraction of sp³-hybridized carbons (Fsp3) is 0.231. The Labute approximate surface area is 94.1 Å². The van der Waals surface area contributed by atoms with Gasteiger partial charge in [0.2, 0.25) is 0 Å². The third-order valence-corrected chi connectivity index (χ3v) is 2.21. The molecule has 2 rings (SSSR count). The van der Waals surface area contributed by atoms with Crippen LogP contribution in [0, 0.1) is 0 Å². The summed E-state index contributed by atoms with van der Waals surface area (Å²) in [4.78, 5) is 16.0. The molecule has 0 bridgehead atoms. The van der Waals surface area contributed by atoms with Crippen molar-refractivity contribution < 1.29 is 9.53 Å². The predicted octanol–water partition coefficient (Wildman–Crippen LogP) is 2.80. The molecule has 0 saturated carbocycles. The van der Waals surface area contributed by atoms with E-state index < -0.39 is 0 Å². The molecule has 0 amide bonds. The standard InChI is InChI=1S/C13H13NO2/c1-9(2)16-13(15)11-5-3-7-12-10(11)6-4-8-14-12/h3-9H,1-2H3. The number of ether oxygens (including phenoxy) is 1. The first-order valence-corrected chi connectivity index (χ1v) is 5.23. The highest BCUT2D eigenvalue weighted by Crippen LogP contribution is 2.17. The van der Waals surface area contributed by atoms with Gasteiger partial charge in [0.25, 0.3) is 0 Å². The fourth-order valence-electron chi connectivity index (χ4n) is 1.56. The zero-order valence-electron chi connectivity index (χ0n) is 9.31. The van der Waals surface area contributed by atoms with Gasteiger partial charge in [-0.2, -0.15) is 0 Å². The van der Waals surface area contributed by atoms with Crippen molar-refractivity contribution in [3.05, 3.63) is 42.1 Å². The maximum Gasteiger partial charge on any atom is 0.339 e. The zero-order chi connectivity index (χ0) is 11.5. The Morgan fingerprint density at radius 2 is 2.06 bits per heavy atom. The van der Waals surface area contributed by atoms with Crippen molar-refractivity contribution in [3.8, 4) is 0 Å². The number of carbonyl (C=O) groups is 1. The maximum atomic E-state index is 11.8. The molecule has 82 valence electrons. The molecule has 0 aliphatic rings. The van der Waals surface area contributed by atoms with Gasteiger partial charge in [0.15, 0.2) is 0 Å². The lowest BCUT2D eigenvalue weighted by atomic mass is 10.1. The van der Waals surface area contributed by atoms with Gasteiger partial charge in [-0.05, 0) is 32.0 Å². The molecule has 3 heteroatoms. The Kier molecular flexibility index (Phi) is 2.86. The van der Waals surface area contributed by atoms with Crippen LogP contribution in [0.4, 0.5) is 0 Å². The Morgan fingerprint density at radius 1 is 1.25 bits per heavy atom. The van der Waals surface area contributed by atoms with E-state index in [1.807, 2.05) is 38.1 Å². The minimum Gasteiger partial charge on any atom is -0.459 e. The molecule has 0 fully saturated rings. The summed E-state index contributed by atoms with van der Waals surface area (Å²) in [5.41, 5.74) is 1.38. The van der Waals surface area contributed by atoms with E-state index in [0.29, 0.717) is 5.56 Å². The van der Waals surface area contributed by atoms with E-state index in [1.54, 1.807) is 12.3 Å². The van der Waals surface area contributed by atoms with Crippen LogP contribution >= 0.6 is 0 Å². The monoisotopic (exact) mass is 215 g/mol. The predicted molar refractivity (Wildman–Crippen MR) is 62.3 cm³/mol. The summed E-state index contributed by atoms with van der Waals surface area (Å²) >= 11 is 0. The van der Waals surface area contributed by atoms with Crippen LogP contribution < -0.4 is 0 Å². The van der Waals surface area contributed by atoms with Crippen molar-refractivity contribution in [1.29, 1.82) is 0 Å². The van der Waals surface area contributed by atoms with E-state index >= 15 is 0 Å². The summed E-state index contributed by atoms with van der Waals surface area (Å²) in [6.07, 6.45) is 1.60. The topological polar surface area (TPSA) is 39.2 Å². The van der Waals surface area contributed by atoms with Crippen LogP contribution in [0.1, 0.15) is 24.2 Å². The van der Waals surface area contributed by atoms with Gasteiger partial charge in [0.05, 0.1) is 17.2 Å². The van der Waals surface area contributed by atoms with Crippen molar-refractivity contribution in [2.24, 2.45) is 0 Å². The molecule has 0 radical (unpaired) electrons. The maximum absolute atomic E-state index is 11.8. The average molecular weight is 215 g/mol. The van der Waals surface area contributed by atoms with Crippen LogP contribution in [0.3, 0.4) is 0 Å². The van der Waals surface area contributed by atoms with E-state index in [4.69, 9.17) is 4.74 Å². The number of benzene rings is 1. The average Bonchev–Trinajstić information content (AvgIpc) is 2.27. The first-order valence-electron chi connectivity index (χ1n) is 5.23. The minimum atomic E-state index is -0.298. The van der Waals surface area contributed by atoms with Crippen LogP contribution in [0.15, 0.2) is 36.5 Å². The highest BCUT2D eigenvalue weighted by molar-refractivity contribution is 6.03. The zero-order valence-corrected chi connectivity index (χ0v) is 9.31. The molecule has 16 heavy (non-hydrogen) atoms. The largest absolute Gasteiger partial charge is 0.459 e. The smallest absolute Gasteiger partial charge is 0.339 e. The summed E-state index contributed by atoms with van der Waals surface area (Å²) in [5.74, 6) is -0.298. The van der Waals surface area contributed by atoms with Gasteiger partial charge in [-0.15, -0.1) is 0 Å². The fourth-order valence-corrected chi connectivity index (χ4v) is 1.56. The van der Waals surface area contributed by atoms with Crippen LogP contribution in [-0.4, -0.2) is 17.1 Å². The molecule has 0 aliphatic heterocycles. The van der Waals surface area contributed by atoms with Gasteiger partial charge < -0.3 is 4.74 Å². The van der Waals surface area contributed by atoms with Gasteiger partial charge in [0, 0.05) is 11.6 Å².